The molecule has 7 nitrogen and oxygen atoms in total. The van der Waals surface area contributed by atoms with E-state index in [2.05, 4.69) is 30.1 Å². The second-order valence-corrected chi connectivity index (χ2v) is 3.00. The molecule has 0 aliphatic rings. The van der Waals surface area contributed by atoms with Crippen molar-refractivity contribution >= 4 is 39.8 Å². The molecule has 8 heteroatoms. The fourth-order valence-corrected chi connectivity index (χ4v) is 0.680. The van der Waals surface area contributed by atoms with Gasteiger partial charge in [0, 0.05) is 12.2 Å². The van der Waals surface area contributed by atoms with Crippen LogP contribution in [0.1, 0.15) is 0 Å². The van der Waals surface area contributed by atoms with Crippen molar-refractivity contribution in [2.45, 2.75) is 0 Å². The predicted molar refractivity (Wildman–Crippen MR) is 57.0 cm³/mol. The lowest BCUT2D eigenvalue weighted by atomic mass is 10.5. The molecule has 0 atom stereocenters. The second kappa shape index (κ2) is 8.45. The summed E-state index contributed by atoms with van der Waals surface area (Å²) in [6.45, 7) is -0.719. The lowest BCUT2D eigenvalue weighted by Crippen LogP contribution is -2.19. The van der Waals surface area contributed by atoms with E-state index in [0.717, 1.165) is 19.3 Å². The first-order chi connectivity index (χ1) is 7.99. The van der Waals surface area contributed by atoms with Crippen LogP contribution in [0.2, 0.25) is 0 Å². The van der Waals surface area contributed by atoms with Crippen molar-refractivity contribution in [3.05, 3.63) is 12.2 Å². The number of methoxy groups -OCH3 is 1. The van der Waals surface area contributed by atoms with E-state index in [1.807, 2.05) is 0 Å². The van der Waals surface area contributed by atoms with Gasteiger partial charge in [-0.1, -0.05) is 15.9 Å². The highest BCUT2D eigenvalue weighted by atomic mass is 79.9. The molecule has 0 unspecified atom stereocenters. The molecule has 94 valence electrons. The number of carbonyl (C=O) groups is 4. The minimum Gasteiger partial charge on any atom is -0.466 e. The van der Waals surface area contributed by atoms with Crippen LogP contribution in [-0.4, -0.2) is 42.9 Å². The van der Waals surface area contributed by atoms with E-state index in [-0.39, 0.29) is 5.33 Å². The zero-order valence-electron chi connectivity index (χ0n) is 8.80. The highest BCUT2D eigenvalue weighted by Crippen LogP contribution is 1.90. The van der Waals surface area contributed by atoms with E-state index in [4.69, 9.17) is 0 Å². The molecule has 0 saturated heterocycles. The summed E-state index contributed by atoms with van der Waals surface area (Å²) in [5.41, 5.74) is 0. The number of hydrogen-bond donors (Lipinski definition) is 0. The van der Waals surface area contributed by atoms with Crippen LogP contribution >= 0.6 is 15.9 Å². The molecule has 0 aromatic carbocycles. The van der Waals surface area contributed by atoms with Crippen LogP contribution in [-0.2, 0) is 33.4 Å². The van der Waals surface area contributed by atoms with Crippen LogP contribution < -0.4 is 0 Å². The molecule has 0 aromatic rings. The highest BCUT2D eigenvalue weighted by Gasteiger charge is 2.11. The first-order valence-corrected chi connectivity index (χ1v) is 5.34. The van der Waals surface area contributed by atoms with Gasteiger partial charge in [0.2, 0.25) is 0 Å². The van der Waals surface area contributed by atoms with Gasteiger partial charge in [-0.25, -0.2) is 14.4 Å². The summed E-state index contributed by atoms with van der Waals surface area (Å²) in [5.74, 6) is -3.47. The maximum absolute atomic E-state index is 10.9. The van der Waals surface area contributed by atoms with Gasteiger partial charge in [-0.3, -0.25) is 4.79 Å². The molecular weight excluding hydrogens is 300 g/mol. The van der Waals surface area contributed by atoms with Gasteiger partial charge in [0.15, 0.2) is 6.61 Å². The second-order valence-electron chi connectivity index (χ2n) is 2.44. The van der Waals surface area contributed by atoms with Crippen LogP contribution in [0.3, 0.4) is 0 Å². The summed E-state index contributed by atoms with van der Waals surface area (Å²) < 4.78 is 12.8. The Bertz CT molecular complexity index is 347. The zero-order valence-corrected chi connectivity index (χ0v) is 10.4. The summed E-state index contributed by atoms with van der Waals surface area (Å²) >= 11 is 2.77. The van der Waals surface area contributed by atoms with E-state index in [1.165, 1.54) is 0 Å². The summed E-state index contributed by atoms with van der Waals surface area (Å²) in [6, 6.07) is 0. The smallest absolute Gasteiger partial charge is 0.351 e. The third-order valence-corrected chi connectivity index (χ3v) is 1.68. The van der Waals surface area contributed by atoms with Crippen LogP contribution in [0.25, 0.3) is 0 Å². The molecule has 0 amide bonds. The maximum atomic E-state index is 10.9. The van der Waals surface area contributed by atoms with E-state index in [0.29, 0.717) is 0 Å². The molecule has 0 bridgehead atoms. The fraction of sp³-hybridized carbons (Fsp3) is 0.333. The highest BCUT2D eigenvalue weighted by molar-refractivity contribution is 9.09. The Morgan fingerprint density at radius 1 is 1.06 bits per heavy atom. The number of ether oxygens (including phenoxy) is 3. The van der Waals surface area contributed by atoms with E-state index < -0.39 is 30.5 Å². The number of carbonyl (C=O) groups excluding carboxylic acids is 4. The average Bonchev–Trinajstić information content (AvgIpc) is 2.32. The standard InChI is InChI=1S/C9H9BrO7/c1-15-6(11)2-3-7(12)16-5-9(14)17-8(13)4-10/h2-3H,4-5H2,1H3/b3-2-. The minimum absolute atomic E-state index is 0.144. The molecule has 0 spiro atoms. The fourth-order valence-electron chi connectivity index (χ4n) is 0.566. The van der Waals surface area contributed by atoms with E-state index in [9.17, 15) is 19.2 Å². The molecule has 0 N–H and O–H groups in total. The summed E-state index contributed by atoms with van der Waals surface area (Å²) in [7, 11) is 1.14. The molecule has 0 radical (unpaired) electrons. The lowest BCUT2D eigenvalue weighted by molar-refractivity contribution is -0.164. The number of esters is 4. The Morgan fingerprint density at radius 2 is 1.65 bits per heavy atom. The van der Waals surface area contributed by atoms with Crippen molar-refractivity contribution in [3.63, 3.8) is 0 Å². The monoisotopic (exact) mass is 308 g/mol. The third kappa shape index (κ3) is 8.14. The SMILES string of the molecule is COC(=O)/C=C\C(=O)OCC(=O)OC(=O)CBr. The Balaban J connectivity index is 3.92. The molecule has 0 aromatic heterocycles. The summed E-state index contributed by atoms with van der Waals surface area (Å²) in [5, 5.41) is -0.144. The topological polar surface area (TPSA) is 96.0 Å². The molecule has 0 saturated carbocycles. The van der Waals surface area contributed by atoms with Crippen LogP contribution in [0, 0.1) is 0 Å². The molecule has 0 rings (SSSR count). The third-order valence-electron chi connectivity index (χ3n) is 1.23. The van der Waals surface area contributed by atoms with Crippen LogP contribution in [0.15, 0.2) is 12.2 Å². The Labute approximate surface area is 105 Å². The van der Waals surface area contributed by atoms with Crippen molar-refractivity contribution < 1.29 is 33.4 Å². The van der Waals surface area contributed by atoms with Gasteiger partial charge >= 0.3 is 23.9 Å². The van der Waals surface area contributed by atoms with Gasteiger partial charge in [0.25, 0.3) is 0 Å². The van der Waals surface area contributed by atoms with Gasteiger partial charge in [-0.05, 0) is 0 Å². The Kier molecular flexibility index (Phi) is 7.61. The van der Waals surface area contributed by atoms with Crippen molar-refractivity contribution in [3.8, 4) is 0 Å². The molecule has 0 heterocycles. The summed E-state index contributed by atoms with van der Waals surface area (Å²) in [4.78, 5) is 43.0. The normalized spacial score (nSPS) is 9.76. The number of halogens is 1. The van der Waals surface area contributed by atoms with Gasteiger partial charge < -0.3 is 14.2 Å². The van der Waals surface area contributed by atoms with E-state index >= 15 is 0 Å². The molecule has 0 fully saturated rings. The Hall–Kier alpha value is -1.70. The number of alkyl halides is 1. The first kappa shape index (κ1) is 15.3. The Morgan fingerprint density at radius 3 is 2.18 bits per heavy atom. The van der Waals surface area contributed by atoms with Crippen LogP contribution in [0.5, 0.6) is 0 Å². The lowest BCUT2D eigenvalue weighted by Gasteiger charge is -2.01. The molecule has 0 aliphatic carbocycles. The minimum atomic E-state index is -1.01. The van der Waals surface area contributed by atoms with Gasteiger partial charge in [0.05, 0.1) is 7.11 Å². The average molecular weight is 309 g/mol. The van der Waals surface area contributed by atoms with Gasteiger partial charge in [-0.2, -0.15) is 0 Å². The largest absolute Gasteiger partial charge is 0.466 e. The summed E-state index contributed by atoms with van der Waals surface area (Å²) in [6.07, 6.45) is 1.61. The van der Waals surface area contributed by atoms with Crippen molar-refractivity contribution in [2.75, 3.05) is 19.0 Å². The number of rotatable bonds is 5. The molecule has 17 heavy (non-hydrogen) atoms. The number of hydrogen-bond acceptors (Lipinski definition) is 7. The molecule has 0 aliphatic heterocycles. The predicted octanol–water partition coefficient (Wildman–Crippen LogP) is -0.277. The van der Waals surface area contributed by atoms with E-state index in [1.54, 1.807) is 0 Å². The van der Waals surface area contributed by atoms with Crippen molar-refractivity contribution in [2.24, 2.45) is 0 Å². The maximum Gasteiger partial charge on any atom is 0.351 e. The van der Waals surface area contributed by atoms with Crippen molar-refractivity contribution in [1.82, 2.24) is 0 Å². The van der Waals surface area contributed by atoms with Gasteiger partial charge in [0.1, 0.15) is 5.33 Å². The quantitative estimate of drug-likeness (QED) is 0.227. The van der Waals surface area contributed by atoms with Crippen LogP contribution in [0.4, 0.5) is 0 Å². The first-order valence-electron chi connectivity index (χ1n) is 4.21. The zero-order chi connectivity index (χ0) is 13.3. The van der Waals surface area contributed by atoms with Gasteiger partial charge in [-0.15, -0.1) is 0 Å². The molecular formula is C9H9BrO7. The van der Waals surface area contributed by atoms with Crippen molar-refractivity contribution in [1.29, 1.82) is 0 Å².